The van der Waals surface area contributed by atoms with E-state index in [1.54, 1.807) is 6.92 Å². The van der Waals surface area contributed by atoms with Crippen molar-refractivity contribution in [1.29, 1.82) is 0 Å². The maximum Gasteiger partial charge on any atom is 0.219 e. The third kappa shape index (κ3) is 5.67. The van der Waals surface area contributed by atoms with Gasteiger partial charge in [0.2, 0.25) is 5.91 Å². The SMILES string of the molecule is CC(=O)N1CCc2c(c(-c3cccc4cc(-c5ccc(N6CCC(N7CCNCC7)CC6)nc5)ncc34)nn2C2CCOCC2)C1. The van der Waals surface area contributed by atoms with Crippen LogP contribution in [0.15, 0.2) is 48.8 Å². The minimum Gasteiger partial charge on any atom is -0.381 e. The molecule has 3 fully saturated rings. The van der Waals surface area contributed by atoms with Gasteiger partial charge in [0.1, 0.15) is 5.82 Å². The fourth-order valence-electron chi connectivity index (χ4n) is 7.93. The molecule has 0 spiro atoms. The largest absolute Gasteiger partial charge is 0.381 e. The molecule has 0 unspecified atom stereocenters. The molecule has 4 aromatic rings. The summed E-state index contributed by atoms with van der Waals surface area (Å²) in [6.07, 6.45) is 9.10. The van der Waals surface area contributed by atoms with Crippen LogP contribution in [-0.4, -0.2) is 101 Å². The Morgan fingerprint density at radius 1 is 0.913 bits per heavy atom. The summed E-state index contributed by atoms with van der Waals surface area (Å²) in [5.41, 5.74) is 6.41. The Kier molecular flexibility index (Phi) is 8.18. The Morgan fingerprint density at radius 3 is 2.50 bits per heavy atom. The molecular formula is C36H44N8O2. The van der Waals surface area contributed by atoms with E-state index >= 15 is 0 Å². The molecule has 8 rings (SSSR count). The number of hydrogen-bond donors (Lipinski definition) is 1. The van der Waals surface area contributed by atoms with Crippen molar-refractivity contribution in [3.63, 3.8) is 0 Å². The van der Waals surface area contributed by atoms with E-state index in [1.165, 1.54) is 24.1 Å². The Morgan fingerprint density at radius 2 is 1.74 bits per heavy atom. The second kappa shape index (κ2) is 12.7. The van der Waals surface area contributed by atoms with Crippen LogP contribution >= 0.6 is 0 Å². The molecule has 0 saturated carbocycles. The minimum absolute atomic E-state index is 0.110. The average Bonchev–Trinajstić information content (AvgIpc) is 3.51. The number of hydrogen-bond acceptors (Lipinski definition) is 8. The molecule has 1 amide bonds. The Hall–Kier alpha value is -3.86. The number of benzene rings is 1. The number of piperazine rings is 1. The molecule has 0 atom stereocenters. The topological polar surface area (TPSA) is 91.7 Å². The van der Waals surface area contributed by atoms with Gasteiger partial charge in [-0.2, -0.15) is 5.10 Å². The average molecular weight is 621 g/mol. The number of aromatic nitrogens is 4. The molecule has 4 aliphatic rings. The first kappa shape index (κ1) is 29.5. The van der Waals surface area contributed by atoms with Crippen molar-refractivity contribution in [2.75, 3.05) is 63.9 Å². The number of nitrogens with one attached hydrogen (secondary N) is 1. The molecule has 0 aliphatic carbocycles. The first-order valence-electron chi connectivity index (χ1n) is 17.1. The number of carbonyl (C=O) groups is 1. The summed E-state index contributed by atoms with van der Waals surface area (Å²) in [5.74, 6) is 1.16. The van der Waals surface area contributed by atoms with E-state index in [0.29, 0.717) is 18.6 Å². The van der Waals surface area contributed by atoms with E-state index in [-0.39, 0.29) is 5.91 Å². The summed E-state index contributed by atoms with van der Waals surface area (Å²) in [5, 5.41) is 10.9. The maximum absolute atomic E-state index is 12.4. The fourth-order valence-corrected chi connectivity index (χ4v) is 7.93. The normalized spacial score (nSPS) is 20.3. The molecule has 3 aromatic heterocycles. The third-order valence-electron chi connectivity index (χ3n) is 10.6. The number of anilines is 1. The van der Waals surface area contributed by atoms with Crippen LogP contribution in [0.4, 0.5) is 5.82 Å². The minimum atomic E-state index is 0.110. The van der Waals surface area contributed by atoms with Crippen LogP contribution in [0.2, 0.25) is 0 Å². The predicted octanol–water partition coefficient (Wildman–Crippen LogP) is 4.29. The number of pyridine rings is 2. The Labute approximate surface area is 270 Å². The van der Waals surface area contributed by atoms with Crippen LogP contribution < -0.4 is 10.2 Å². The second-order valence-electron chi connectivity index (χ2n) is 13.3. The van der Waals surface area contributed by atoms with Gasteiger partial charge in [0, 0.05) is 125 Å². The lowest BCUT2D eigenvalue weighted by atomic mass is 9.96. The van der Waals surface area contributed by atoms with E-state index in [1.807, 2.05) is 17.3 Å². The number of rotatable bonds is 5. The highest BCUT2D eigenvalue weighted by Crippen LogP contribution is 2.37. The summed E-state index contributed by atoms with van der Waals surface area (Å²) in [7, 11) is 0. The van der Waals surface area contributed by atoms with Crippen molar-refractivity contribution in [2.24, 2.45) is 0 Å². The fraction of sp³-hybridized carbons (Fsp3) is 0.500. The van der Waals surface area contributed by atoms with Crippen molar-refractivity contribution in [3.05, 3.63) is 60.0 Å². The molecule has 240 valence electrons. The van der Waals surface area contributed by atoms with Crippen molar-refractivity contribution in [2.45, 2.75) is 57.7 Å². The lowest BCUT2D eigenvalue weighted by molar-refractivity contribution is -0.129. The number of piperidine rings is 1. The highest BCUT2D eigenvalue weighted by Gasteiger charge is 2.31. The zero-order chi connectivity index (χ0) is 31.0. The monoisotopic (exact) mass is 620 g/mol. The van der Waals surface area contributed by atoms with E-state index < -0.39 is 0 Å². The van der Waals surface area contributed by atoms with Crippen molar-refractivity contribution in [1.82, 2.24) is 34.9 Å². The molecule has 10 nitrogen and oxygen atoms in total. The molecule has 0 radical (unpaired) electrons. The highest BCUT2D eigenvalue weighted by atomic mass is 16.5. The van der Waals surface area contributed by atoms with Gasteiger partial charge in [0.05, 0.1) is 17.4 Å². The molecule has 7 heterocycles. The first-order valence-corrected chi connectivity index (χ1v) is 17.1. The number of nitrogens with zero attached hydrogens (tertiary/aromatic N) is 7. The molecule has 3 saturated heterocycles. The van der Waals surface area contributed by atoms with Crippen LogP contribution in [0.5, 0.6) is 0 Å². The van der Waals surface area contributed by atoms with Crippen LogP contribution in [0.3, 0.4) is 0 Å². The molecule has 4 aliphatic heterocycles. The van der Waals surface area contributed by atoms with Gasteiger partial charge in [-0.05, 0) is 49.3 Å². The van der Waals surface area contributed by atoms with Crippen LogP contribution in [0, 0.1) is 0 Å². The van der Waals surface area contributed by atoms with Crippen molar-refractivity contribution < 1.29 is 9.53 Å². The summed E-state index contributed by atoms with van der Waals surface area (Å²) >= 11 is 0. The van der Waals surface area contributed by atoms with E-state index in [0.717, 1.165) is 117 Å². The molecule has 46 heavy (non-hydrogen) atoms. The molecule has 10 heteroatoms. The van der Waals surface area contributed by atoms with Gasteiger partial charge >= 0.3 is 0 Å². The summed E-state index contributed by atoms with van der Waals surface area (Å²) in [6, 6.07) is 13.9. The van der Waals surface area contributed by atoms with Gasteiger partial charge in [0.25, 0.3) is 0 Å². The number of ether oxygens (including phenoxy) is 1. The van der Waals surface area contributed by atoms with Gasteiger partial charge in [0.15, 0.2) is 0 Å². The zero-order valence-corrected chi connectivity index (χ0v) is 26.8. The molecule has 0 bridgehead atoms. The highest BCUT2D eigenvalue weighted by molar-refractivity contribution is 5.97. The van der Waals surface area contributed by atoms with E-state index in [4.69, 9.17) is 19.8 Å². The standard InChI is InChI=1S/C36H44N8O2/c1-25(45)43-16-9-34-32(24-43)36(40-44(34)29-10-19-46-20-11-29)30-4-2-3-26-21-33(38-23-31(26)30)27-5-6-35(39-22-27)42-14-7-28(8-15-42)41-17-12-37-13-18-41/h2-6,21-23,28-29,37H,7-20,24H2,1H3. The van der Waals surface area contributed by atoms with Crippen molar-refractivity contribution in [3.8, 4) is 22.5 Å². The van der Waals surface area contributed by atoms with Gasteiger partial charge in [-0.15, -0.1) is 0 Å². The molecule has 1 aromatic carbocycles. The number of carbonyl (C=O) groups excluding carboxylic acids is 1. The maximum atomic E-state index is 12.4. The third-order valence-corrected chi connectivity index (χ3v) is 10.6. The zero-order valence-electron chi connectivity index (χ0n) is 26.8. The quantitative estimate of drug-likeness (QED) is 0.354. The molecular weight excluding hydrogens is 576 g/mol. The summed E-state index contributed by atoms with van der Waals surface area (Å²) < 4.78 is 7.92. The molecule has 1 N–H and O–H groups in total. The smallest absolute Gasteiger partial charge is 0.219 e. The van der Waals surface area contributed by atoms with Gasteiger partial charge in [-0.25, -0.2) is 4.98 Å². The predicted molar refractivity (Wildman–Crippen MR) is 180 cm³/mol. The van der Waals surface area contributed by atoms with Gasteiger partial charge in [-0.3, -0.25) is 19.4 Å². The van der Waals surface area contributed by atoms with Crippen molar-refractivity contribution >= 4 is 22.5 Å². The second-order valence-corrected chi connectivity index (χ2v) is 13.3. The summed E-state index contributed by atoms with van der Waals surface area (Å²) in [4.78, 5) is 29.2. The lowest BCUT2D eigenvalue weighted by Gasteiger charge is -2.40. The lowest BCUT2D eigenvalue weighted by Crippen LogP contribution is -2.52. The van der Waals surface area contributed by atoms with E-state index in [2.05, 4.69) is 56.2 Å². The van der Waals surface area contributed by atoms with Gasteiger partial charge < -0.3 is 19.9 Å². The van der Waals surface area contributed by atoms with Gasteiger partial charge in [-0.1, -0.05) is 18.2 Å². The Bertz CT molecular complexity index is 1700. The number of amides is 1. The number of fused-ring (bicyclic) bond motifs is 2. The van der Waals surface area contributed by atoms with E-state index in [9.17, 15) is 4.79 Å². The van der Waals surface area contributed by atoms with Crippen LogP contribution in [0.25, 0.3) is 33.3 Å². The summed E-state index contributed by atoms with van der Waals surface area (Å²) in [6.45, 7) is 11.2. The van der Waals surface area contributed by atoms with Crippen LogP contribution in [-0.2, 0) is 22.5 Å². The van der Waals surface area contributed by atoms with Crippen LogP contribution in [0.1, 0.15) is 49.9 Å². The first-order chi connectivity index (χ1) is 22.6. The Balaban J connectivity index is 1.05.